The molecule has 2 aromatic rings. The summed E-state index contributed by atoms with van der Waals surface area (Å²) in [5.41, 5.74) is 1.15. The Balaban J connectivity index is 1.78. The van der Waals surface area contributed by atoms with Crippen LogP contribution < -0.4 is 0 Å². The van der Waals surface area contributed by atoms with Crippen LogP contribution in [0.2, 0.25) is 0 Å². The molecule has 1 aliphatic rings. The molecular formula is C17H23N3O3S. The second kappa shape index (κ2) is 7.03. The van der Waals surface area contributed by atoms with Crippen molar-refractivity contribution >= 4 is 9.84 Å². The lowest BCUT2D eigenvalue weighted by molar-refractivity contribution is 0.187. The summed E-state index contributed by atoms with van der Waals surface area (Å²) in [6.45, 7) is 5.17. The number of hydrogen-bond acceptors (Lipinski definition) is 6. The SMILES string of the molecule is CC(C)c1nc(CN(Cc2ccccc2)[C@H]2CCS(=O)(=O)C2)no1. The average molecular weight is 349 g/mol. The van der Waals surface area contributed by atoms with Crippen molar-refractivity contribution in [2.45, 2.75) is 45.3 Å². The van der Waals surface area contributed by atoms with Crippen molar-refractivity contribution < 1.29 is 12.9 Å². The Labute approximate surface area is 142 Å². The molecule has 1 aromatic heterocycles. The van der Waals surface area contributed by atoms with Crippen molar-refractivity contribution in [2.24, 2.45) is 0 Å². The second-order valence-electron chi connectivity index (χ2n) is 6.65. The predicted molar refractivity (Wildman–Crippen MR) is 91.1 cm³/mol. The largest absolute Gasteiger partial charge is 0.339 e. The molecule has 1 aliphatic heterocycles. The van der Waals surface area contributed by atoms with Crippen LogP contribution in [-0.4, -0.2) is 41.0 Å². The quantitative estimate of drug-likeness (QED) is 0.797. The Hall–Kier alpha value is -1.73. The Bertz CT molecular complexity index is 771. The zero-order valence-electron chi connectivity index (χ0n) is 14.1. The molecule has 130 valence electrons. The van der Waals surface area contributed by atoms with E-state index in [0.29, 0.717) is 31.2 Å². The van der Waals surface area contributed by atoms with Crippen molar-refractivity contribution in [3.63, 3.8) is 0 Å². The summed E-state index contributed by atoms with van der Waals surface area (Å²) < 4.78 is 29.0. The number of nitrogens with zero attached hydrogens (tertiary/aromatic N) is 3. The van der Waals surface area contributed by atoms with E-state index in [1.54, 1.807) is 0 Å². The summed E-state index contributed by atoms with van der Waals surface area (Å²) in [6, 6.07) is 10.0. The smallest absolute Gasteiger partial charge is 0.229 e. The zero-order chi connectivity index (χ0) is 17.2. The van der Waals surface area contributed by atoms with E-state index in [4.69, 9.17) is 4.52 Å². The minimum absolute atomic E-state index is 0.00351. The lowest BCUT2D eigenvalue weighted by atomic mass is 10.1. The van der Waals surface area contributed by atoms with Gasteiger partial charge in [-0.15, -0.1) is 0 Å². The lowest BCUT2D eigenvalue weighted by Crippen LogP contribution is -2.35. The topological polar surface area (TPSA) is 76.3 Å². The van der Waals surface area contributed by atoms with Gasteiger partial charge in [0.15, 0.2) is 15.7 Å². The summed E-state index contributed by atoms with van der Waals surface area (Å²) in [5.74, 6) is 1.87. The molecule has 0 unspecified atom stereocenters. The van der Waals surface area contributed by atoms with Gasteiger partial charge in [0, 0.05) is 18.5 Å². The fourth-order valence-electron chi connectivity index (χ4n) is 2.94. The normalized spacial score (nSPS) is 20.1. The van der Waals surface area contributed by atoms with E-state index >= 15 is 0 Å². The van der Waals surface area contributed by atoms with Crippen molar-refractivity contribution in [3.8, 4) is 0 Å². The van der Waals surface area contributed by atoms with Gasteiger partial charge in [-0.3, -0.25) is 4.90 Å². The molecule has 6 nitrogen and oxygen atoms in total. The summed E-state index contributed by atoms with van der Waals surface area (Å²) in [5, 5.41) is 4.05. The highest BCUT2D eigenvalue weighted by Crippen LogP contribution is 2.22. The molecule has 0 bridgehead atoms. The van der Waals surface area contributed by atoms with E-state index in [-0.39, 0.29) is 23.5 Å². The van der Waals surface area contributed by atoms with E-state index in [1.165, 1.54) is 0 Å². The van der Waals surface area contributed by atoms with Gasteiger partial charge in [0.2, 0.25) is 5.89 Å². The molecule has 0 radical (unpaired) electrons. The highest BCUT2D eigenvalue weighted by Gasteiger charge is 2.33. The maximum atomic E-state index is 11.9. The molecule has 0 spiro atoms. The summed E-state index contributed by atoms with van der Waals surface area (Å²) >= 11 is 0. The van der Waals surface area contributed by atoms with E-state index in [9.17, 15) is 8.42 Å². The minimum atomic E-state index is -2.94. The van der Waals surface area contributed by atoms with Crippen molar-refractivity contribution in [1.29, 1.82) is 0 Å². The molecule has 3 rings (SSSR count). The molecule has 1 fully saturated rings. The maximum Gasteiger partial charge on any atom is 0.229 e. The predicted octanol–water partition coefficient (Wildman–Crippen LogP) is 2.38. The molecule has 0 aliphatic carbocycles. The molecule has 0 N–H and O–H groups in total. The Morgan fingerprint density at radius 1 is 1.25 bits per heavy atom. The van der Waals surface area contributed by atoms with Crippen LogP contribution in [-0.2, 0) is 22.9 Å². The Kier molecular flexibility index (Phi) is 5.01. The van der Waals surface area contributed by atoms with E-state index < -0.39 is 9.84 Å². The average Bonchev–Trinajstić information content (AvgIpc) is 3.14. The van der Waals surface area contributed by atoms with E-state index in [2.05, 4.69) is 15.0 Å². The third kappa shape index (κ3) is 4.21. The number of aromatic nitrogens is 2. The highest BCUT2D eigenvalue weighted by atomic mass is 32.2. The van der Waals surface area contributed by atoms with Crippen LogP contribution >= 0.6 is 0 Å². The van der Waals surface area contributed by atoms with Crippen LogP contribution in [0.25, 0.3) is 0 Å². The molecule has 1 atom stereocenters. The van der Waals surface area contributed by atoms with Crippen molar-refractivity contribution in [1.82, 2.24) is 15.0 Å². The fourth-order valence-corrected chi connectivity index (χ4v) is 4.70. The zero-order valence-corrected chi connectivity index (χ0v) is 14.9. The monoisotopic (exact) mass is 349 g/mol. The molecule has 24 heavy (non-hydrogen) atoms. The van der Waals surface area contributed by atoms with Gasteiger partial charge in [-0.25, -0.2) is 8.42 Å². The van der Waals surface area contributed by atoms with Crippen LogP contribution in [0.3, 0.4) is 0 Å². The molecule has 2 heterocycles. The number of sulfone groups is 1. The van der Waals surface area contributed by atoms with Gasteiger partial charge < -0.3 is 4.52 Å². The van der Waals surface area contributed by atoms with Gasteiger partial charge in [0.05, 0.1) is 18.1 Å². The van der Waals surface area contributed by atoms with Gasteiger partial charge in [0.1, 0.15) is 0 Å². The maximum absolute atomic E-state index is 11.9. The standard InChI is InChI=1S/C17H23N3O3S/c1-13(2)17-18-16(19-23-17)11-20(10-14-6-4-3-5-7-14)15-8-9-24(21,22)12-15/h3-7,13,15H,8-12H2,1-2H3/t15-/m0/s1. The summed E-state index contributed by atoms with van der Waals surface area (Å²) in [7, 11) is -2.94. The molecule has 1 saturated heterocycles. The molecule has 0 saturated carbocycles. The molecule has 0 amide bonds. The fraction of sp³-hybridized carbons (Fsp3) is 0.529. The second-order valence-corrected chi connectivity index (χ2v) is 8.88. The van der Waals surface area contributed by atoms with Gasteiger partial charge in [0.25, 0.3) is 0 Å². The van der Waals surface area contributed by atoms with Crippen LogP contribution in [0, 0.1) is 0 Å². The van der Waals surface area contributed by atoms with E-state index in [0.717, 1.165) is 5.56 Å². The first kappa shape index (κ1) is 17.1. The first-order valence-electron chi connectivity index (χ1n) is 8.24. The van der Waals surface area contributed by atoms with Crippen LogP contribution in [0.15, 0.2) is 34.9 Å². The first-order chi connectivity index (χ1) is 11.4. The molecular weight excluding hydrogens is 326 g/mol. The van der Waals surface area contributed by atoms with Crippen LogP contribution in [0.4, 0.5) is 0 Å². The Morgan fingerprint density at radius 2 is 2.00 bits per heavy atom. The van der Waals surface area contributed by atoms with Crippen LogP contribution in [0.5, 0.6) is 0 Å². The Morgan fingerprint density at radius 3 is 2.58 bits per heavy atom. The van der Waals surface area contributed by atoms with Crippen LogP contribution in [0.1, 0.15) is 43.5 Å². The molecule has 1 aromatic carbocycles. The number of benzene rings is 1. The summed E-state index contributed by atoms with van der Waals surface area (Å²) in [6.07, 6.45) is 0.657. The van der Waals surface area contributed by atoms with Crippen molar-refractivity contribution in [2.75, 3.05) is 11.5 Å². The number of rotatable bonds is 6. The van der Waals surface area contributed by atoms with Gasteiger partial charge in [-0.2, -0.15) is 4.98 Å². The lowest BCUT2D eigenvalue weighted by Gasteiger charge is -2.26. The van der Waals surface area contributed by atoms with Gasteiger partial charge >= 0.3 is 0 Å². The highest BCUT2D eigenvalue weighted by molar-refractivity contribution is 7.91. The molecule has 7 heteroatoms. The third-order valence-corrected chi connectivity index (χ3v) is 6.03. The number of hydrogen-bond donors (Lipinski definition) is 0. The van der Waals surface area contributed by atoms with E-state index in [1.807, 2.05) is 44.2 Å². The van der Waals surface area contributed by atoms with Crippen molar-refractivity contribution in [3.05, 3.63) is 47.6 Å². The minimum Gasteiger partial charge on any atom is -0.339 e. The summed E-state index contributed by atoms with van der Waals surface area (Å²) in [4.78, 5) is 6.58. The first-order valence-corrected chi connectivity index (χ1v) is 10.1. The van der Waals surface area contributed by atoms with Gasteiger partial charge in [-0.05, 0) is 12.0 Å². The third-order valence-electron chi connectivity index (χ3n) is 4.28. The van der Waals surface area contributed by atoms with Gasteiger partial charge in [-0.1, -0.05) is 49.3 Å².